The molecule has 0 aromatic carbocycles. The van der Waals surface area contributed by atoms with E-state index in [4.69, 9.17) is 5.73 Å². The lowest BCUT2D eigenvalue weighted by Gasteiger charge is -2.34. The van der Waals surface area contributed by atoms with Gasteiger partial charge in [-0.05, 0) is 32.7 Å². The molecule has 0 aromatic rings. The molecule has 1 heterocycles. The summed E-state index contributed by atoms with van der Waals surface area (Å²) in [5.74, 6) is 0.157. The van der Waals surface area contributed by atoms with Crippen LogP contribution in [0.1, 0.15) is 58.8 Å². The molecule has 1 aliphatic heterocycles. The summed E-state index contributed by atoms with van der Waals surface area (Å²) in [7, 11) is 0. The van der Waals surface area contributed by atoms with Crippen LogP contribution in [0.5, 0.6) is 0 Å². The molecule has 0 aliphatic carbocycles. The van der Waals surface area contributed by atoms with Crippen LogP contribution in [0.15, 0.2) is 0 Å². The molecule has 19 heavy (non-hydrogen) atoms. The van der Waals surface area contributed by atoms with E-state index in [9.17, 15) is 4.79 Å². The Morgan fingerprint density at radius 1 is 1.42 bits per heavy atom. The molecule has 2 unspecified atom stereocenters. The number of hydrogen-bond acceptors (Lipinski definition) is 3. The first-order valence-corrected chi connectivity index (χ1v) is 7.90. The van der Waals surface area contributed by atoms with Crippen LogP contribution in [0.3, 0.4) is 0 Å². The van der Waals surface area contributed by atoms with Crippen molar-refractivity contribution < 1.29 is 4.79 Å². The van der Waals surface area contributed by atoms with Crippen LogP contribution in [0.25, 0.3) is 0 Å². The van der Waals surface area contributed by atoms with Gasteiger partial charge in [-0.2, -0.15) is 0 Å². The number of carbonyl (C=O) groups excluding carboxylic acids is 1. The smallest absolute Gasteiger partial charge is 0.234 e. The lowest BCUT2D eigenvalue weighted by molar-refractivity contribution is -0.123. The Morgan fingerprint density at radius 2 is 2.21 bits per heavy atom. The Hall–Kier alpha value is -0.610. The van der Waals surface area contributed by atoms with Crippen LogP contribution < -0.4 is 11.1 Å². The van der Waals surface area contributed by atoms with Gasteiger partial charge in [0.25, 0.3) is 0 Å². The Kier molecular flexibility index (Phi) is 8.07. The fraction of sp³-hybridized carbons (Fsp3) is 0.933. The topological polar surface area (TPSA) is 58.4 Å². The molecule has 3 N–H and O–H groups in total. The molecule has 1 fully saturated rings. The largest absolute Gasteiger partial charge is 0.353 e. The van der Waals surface area contributed by atoms with E-state index < -0.39 is 0 Å². The monoisotopic (exact) mass is 269 g/mol. The van der Waals surface area contributed by atoms with Gasteiger partial charge in [0.1, 0.15) is 0 Å². The van der Waals surface area contributed by atoms with Crippen molar-refractivity contribution in [2.24, 2.45) is 5.73 Å². The molecule has 1 saturated heterocycles. The van der Waals surface area contributed by atoms with Gasteiger partial charge in [0.15, 0.2) is 0 Å². The molecule has 112 valence electrons. The lowest BCUT2D eigenvalue weighted by Crippen LogP contribution is -2.49. The number of likely N-dealkylation sites (tertiary alicyclic amines) is 1. The Morgan fingerprint density at radius 3 is 2.89 bits per heavy atom. The summed E-state index contributed by atoms with van der Waals surface area (Å²) in [6.45, 7) is 6.50. The van der Waals surface area contributed by atoms with Gasteiger partial charge in [-0.25, -0.2) is 0 Å². The molecular formula is C15H31N3O. The quantitative estimate of drug-likeness (QED) is 0.662. The Balaban J connectivity index is 2.25. The fourth-order valence-corrected chi connectivity index (χ4v) is 2.81. The van der Waals surface area contributed by atoms with Gasteiger partial charge in [-0.1, -0.05) is 32.6 Å². The number of nitrogens with two attached hydrogens (primary N) is 1. The third-order valence-corrected chi connectivity index (χ3v) is 4.02. The summed E-state index contributed by atoms with van der Waals surface area (Å²) in [6, 6.07) is 0.690. The minimum atomic E-state index is 0.157. The molecule has 4 heteroatoms. The van der Waals surface area contributed by atoms with Crippen molar-refractivity contribution in [2.45, 2.75) is 70.9 Å². The first-order chi connectivity index (χ1) is 9.17. The third-order valence-electron chi connectivity index (χ3n) is 4.02. The highest BCUT2D eigenvalue weighted by Crippen LogP contribution is 2.15. The second-order valence-electron chi connectivity index (χ2n) is 5.82. The third kappa shape index (κ3) is 6.39. The van der Waals surface area contributed by atoms with Crippen molar-refractivity contribution in [2.75, 3.05) is 19.6 Å². The molecule has 1 amide bonds. The predicted octanol–water partition coefficient (Wildman–Crippen LogP) is 1.88. The highest BCUT2D eigenvalue weighted by molar-refractivity contribution is 5.78. The minimum Gasteiger partial charge on any atom is -0.353 e. The number of amides is 1. The average Bonchev–Trinajstić information content (AvgIpc) is 2.39. The predicted molar refractivity (Wildman–Crippen MR) is 80.0 cm³/mol. The molecule has 4 nitrogen and oxygen atoms in total. The zero-order valence-corrected chi connectivity index (χ0v) is 12.7. The number of nitrogens with zero attached hydrogens (tertiary/aromatic N) is 1. The number of hydrogen-bond donors (Lipinski definition) is 2. The average molecular weight is 269 g/mol. The van der Waals surface area contributed by atoms with Gasteiger partial charge in [-0.3, -0.25) is 9.69 Å². The number of rotatable bonds is 8. The number of nitrogens with one attached hydrogen (secondary N) is 1. The lowest BCUT2D eigenvalue weighted by atomic mass is 10.0. The maximum atomic E-state index is 12.0. The summed E-state index contributed by atoms with van der Waals surface area (Å²) in [5.41, 5.74) is 5.78. The van der Waals surface area contributed by atoms with E-state index in [-0.39, 0.29) is 5.91 Å². The summed E-state index contributed by atoms with van der Waals surface area (Å²) in [4.78, 5) is 14.3. The highest BCUT2D eigenvalue weighted by Gasteiger charge is 2.23. The Labute approximate surface area is 118 Å². The maximum Gasteiger partial charge on any atom is 0.234 e. The molecule has 0 bridgehead atoms. The molecule has 0 spiro atoms. The van der Waals surface area contributed by atoms with Crippen LogP contribution in [0, 0.1) is 0 Å². The van der Waals surface area contributed by atoms with Crippen LogP contribution in [0.4, 0.5) is 0 Å². The van der Waals surface area contributed by atoms with E-state index in [2.05, 4.69) is 24.1 Å². The van der Waals surface area contributed by atoms with Crippen molar-refractivity contribution in [3.8, 4) is 0 Å². The minimum absolute atomic E-state index is 0.157. The molecule has 1 rings (SSSR count). The number of piperidine rings is 1. The van der Waals surface area contributed by atoms with E-state index in [0.29, 0.717) is 25.2 Å². The van der Waals surface area contributed by atoms with Crippen molar-refractivity contribution in [1.29, 1.82) is 0 Å². The van der Waals surface area contributed by atoms with E-state index in [1.54, 1.807) is 0 Å². The summed E-state index contributed by atoms with van der Waals surface area (Å²) >= 11 is 0. The molecule has 0 saturated carbocycles. The highest BCUT2D eigenvalue weighted by atomic mass is 16.2. The van der Waals surface area contributed by atoms with Crippen LogP contribution in [-0.2, 0) is 4.79 Å². The van der Waals surface area contributed by atoms with Gasteiger partial charge in [-0.15, -0.1) is 0 Å². The fourth-order valence-electron chi connectivity index (χ4n) is 2.81. The number of unbranched alkanes of at least 4 members (excludes halogenated alkanes) is 2. The van der Waals surface area contributed by atoms with Crippen molar-refractivity contribution in [1.82, 2.24) is 10.2 Å². The first-order valence-electron chi connectivity index (χ1n) is 7.90. The van der Waals surface area contributed by atoms with Gasteiger partial charge >= 0.3 is 0 Å². The molecular weight excluding hydrogens is 238 g/mol. The van der Waals surface area contributed by atoms with Crippen molar-refractivity contribution in [3.63, 3.8) is 0 Å². The van der Waals surface area contributed by atoms with Gasteiger partial charge in [0, 0.05) is 18.6 Å². The van der Waals surface area contributed by atoms with Crippen LogP contribution in [0.2, 0.25) is 0 Å². The van der Waals surface area contributed by atoms with E-state index in [1.165, 1.54) is 32.1 Å². The molecule has 0 radical (unpaired) electrons. The zero-order valence-electron chi connectivity index (χ0n) is 12.7. The maximum absolute atomic E-state index is 12.0. The molecule has 2 atom stereocenters. The van der Waals surface area contributed by atoms with Crippen LogP contribution in [-0.4, -0.2) is 42.5 Å². The van der Waals surface area contributed by atoms with Gasteiger partial charge < -0.3 is 11.1 Å². The SMILES string of the molecule is CCCCCC(C)NC(=O)CN1CCCCC1CN. The van der Waals surface area contributed by atoms with E-state index in [1.807, 2.05) is 0 Å². The first kappa shape index (κ1) is 16.4. The summed E-state index contributed by atoms with van der Waals surface area (Å²) < 4.78 is 0. The Bertz CT molecular complexity index is 258. The van der Waals surface area contributed by atoms with Crippen molar-refractivity contribution >= 4 is 5.91 Å². The summed E-state index contributed by atoms with van der Waals surface area (Å²) in [5, 5.41) is 3.11. The van der Waals surface area contributed by atoms with Crippen molar-refractivity contribution in [3.05, 3.63) is 0 Å². The molecule has 1 aliphatic rings. The van der Waals surface area contributed by atoms with Gasteiger partial charge in [0.2, 0.25) is 5.91 Å². The van der Waals surface area contributed by atoms with Gasteiger partial charge in [0.05, 0.1) is 6.54 Å². The standard InChI is InChI=1S/C15H31N3O/c1-3-4-5-8-13(2)17-15(19)12-18-10-7-6-9-14(18)11-16/h13-14H,3-12,16H2,1-2H3,(H,17,19). The zero-order chi connectivity index (χ0) is 14.1. The molecule has 0 aromatic heterocycles. The normalized spacial score (nSPS) is 22.2. The van der Waals surface area contributed by atoms with E-state index in [0.717, 1.165) is 19.4 Å². The van der Waals surface area contributed by atoms with Crippen LogP contribution >= 0.6 is 0 Å². The second-order valence-corrected chi connectivity index (χ2v) is 5.82. The summed E-state index contributed by atoms with van der Waals surface area (Å²) in [6.07, 6.45) is 8.33. The van der Waals surface area contributed by atoms with E-state index >= 15 is 0 Å². The second kappa shape index (κ2) is 9.32. The number of carbonyl (C=O) groups is 1.